The molecule has 2 rings (SSSR count). The molecule has 0 spiro atoms. The Morgan fingerprint density at radius 1 is 1.22 bits per heavy atom. The van der Waals surface area contributed by atoms with Gasteiger partial charge in [-0.05, 0) is 19.9 Å². The smallest absolute Gasteiger partial charge is 0.269 e. The summed E-state index contributed by atoms with van der Waals surface area (Å²) in [5.41, 5.74) is -0.471. The van der Waals surface area contributed by atoms with Crippen LogP contribution in [0.15, 0.2) is 17.4 Å². The van der Waals surface area contributed by atoms with Crippen LogP contribution in [0.1, 0.15) is 25.2 Å². The van der Waals surface area contributed by atoms with Crippen molar-refractivity contribution < 1.29 is 21.6 Å². The SMILES string of the molecule is CCn1ncc(-c2cc(C(F)(F)F)nc(S(=O)(=O)CC)n2)c1C. The van der Waals surface area contributed by atoms with Crippen LogP contribution in [0.4, 0.5) is 13.2 Å². The molecule has 0 unspecified atom stereocenters. The molecule has 0 aliphatic heterocycles. The van der Waals surface area contributed by atoms with Crippen LogP contribution >= 0.6 is 0 Å². The monoisotopic (exact) mass is 348 g/mol. The Labute approximate surface area is 131 Å². The van der Waals surface area contributed by atoms with Crippen LogP contribution in [0.2, 0.25) is 0 Å². The number of sulfone groups is 1. The molecule has 0 aromatic carbocycles. The minimum Gasteiger partial charge on any atom is -0.269 e. The second-order valence-electron chi connectivity index (χ2n) is 4.78. The number of aryl methyl sites for hydroxylation is 1. The molecule has 0 saturated heterocycles. The largest absolute Gasteiger partial charge is 0.433 e. The second kappa shape index (κ2) is 5.91. The molecule has 0 radical (unpaired) electrons. The average molecular weight is 348 g/mol. The van der Waals surface area contributed by atoms with E-state index in [1.54, 1.807) is 11.6 Å². The second-order valence-corrected chi connectivity index (χ2v) is 6.95. The van der Waals surface area contributed by atoms with E-state index < -0.39 is 26.9 Å². The van der Waals surface area contributed by atoms with Crippen LogP contribution in [-0.4, -0.2) is 33.9 Å². The summed E-state index contributed by atoms with van der Waals surface area (Å²) in [6.07, 6.45) is -3.41. The number of rotatable bonds is 4. The maximum atomic E-state index is 13.0. The van der Waals surface area contributed by atoms with Crippen LogP contribution in [-0.2, 0) is 22.6 Å². The highest BCUT2D eigenvalue weighted by atomic mass is 32.2. The van der Waals surface area contributed by atoms with E-state index in [9.17, 15) is 21.6 Å². The standard InChI is InChI=1S/C13H15F3N4O2S/c1-4-20-8(3)9(7-17-20)10-6-11(13(14,15)16)19-12(18-10)23(21,22)5-2/h6-7H,4-5H2,1-3H3. The summed E-state index contributed by atoms with van der Waals surface area (Å²) in [7, 11) is -3.97. The van der Waals surface area contributed by atoms with E-state index in [2.05, 4.69) is 15.1 Å². The molecule has 0 saturated carbocycles. The van der Waals surface area contributed by atoms with Crippen LogP contribution in [0.3, 0.4) is 0 Å². The van der Waals surface area contributed by atoms with Gasteiger partial charge in [0.15, 0.2) is 0 Å². The first-order valence-electron chi connectivity index (χ1n) is 6.82. The van der Waals surface area contributed by atoms with Crippen molar-refractivity contribution in [3.63, 3.8) is 0 Å². The lowest BCUT2D eigenvalue weighted by Crippen LogP contribution is -2.16. The van der Waals surface area contributed by atoms with Crippen LogP contribution in [0.25, 0.3) is 11.3 Å². The predicted octanol–water partition coefficient (Wildman–Crippen LogP) is 2.48. The number of aromatic nitrogens is 4. The van der Waals surface area contributed by atoms with Gasteiger partial charge in [0.25, 0.3) is 0 Å². The van der Waals surface area contributed by atoms with Crippen molar-refractivity contribution in [3.05, 3.63) is 23.7 Å². The first-order chi connectivity index (χ1) is 10.6. The van der Waals surface area contributed by atoms with Crippen molar-refractivity contribution in [1.82, 2.24) is 19.7 Å². The van der Waals surface area contributed by atoms with E-state index in [4.69, 9.17) is 0 Å². The van der Waals surface area contributed by atoms with Gasteiger partial charge in [0.05, 0.1) is 17.6 Å². The van der Waals surface area contributed by atoms with E-state index in [-0.39, 0.29) is 11.4 Å². The van der Waals surface area contributed by atoms with Crippen molar-refractivity contribution in [2.45, 2.75) is 38.6 Å². The molecule has 0 fully saturated rings. The lowest BCUT2D eigenvalue weighted by molar-refractivity contribution is -0.141. The highest BCUT2D eigenvalue weighted by Crippen LogP contribution is 2.32. The third kappa shape index (κ3) is 3.36. The normalized spacial score (nSPS) is 12.6. The van der Waals surface area contributed by atoms with Crippen LogP contribution in [0.5, 0.6) is 0 Å². The summed E-state index contributed by atoms with van der Waals surface area (Å²) >= 11 is 0. The molecule has 0 aliphatic rings. The van der Waals surface area contributed by atoms with Gasteiger partial charge in [0.2, 0.25) is 15.0 Å². The van der Waals surface area contributed by atoms with Crippen molar-refractivity contribution in [2.24, 2.45) is 0 Å². The van der Waals surface area contributed by atoms with E-state index in [1.165, 1.54) is 13.1 Å². The highest BCUT2D eigenvalue weighted by molar-refractivity contribution is 7.91. The van der Waals surface area contributed by atoms with Gasteiger partial charge < -0.3 is 0 Å². The topological polar surface area (TPSA) is 77.7 Å². The fourth-order valence-corrected chi connectivity index (χ4v) is 2.73. The summed E-state index contributed by atoms with van der Waals surface area (Å²) in [6, 6.07) is 0.735. The summed E-state index contributed by atoms with van der Waals surface area (Å²) in [4.78, 5) is 6.99. The molecular formula is C13H15F3N4O2S. The van der Waals surface area contributed by atoms with Gasteiger partial charge in [0, 0.05) is 17.8 Å². The van der Waals surface area contributed by atoms with Gasteiger partial charge >= 0.3 is 6.18 Å². The van der Waals surface area contributed by atoms with Crippen LogP contribution < -0.4 is 0 Å². The van der Waals surface area contributed by atoms with E-state index in [0.717, 1.165) is 6.07 Å². The van der Waals surface area contributed by atoms with E-state index in [1.807, 2.05) is 6.92 Å². The minimum absolute atomic E-state index is 0.114. The lowest BCUT2D eigenvalue weighted by Gasteiger charge is -2.10. The Kier molecular flexibility index (Phi) is 4.47. The summed E-state index contributed by atoms with van der Waals surface area (Å²) in [5.74, 6) is -0.388. The van der Waals surface area contributed by atoms with Crippen molar-refractivity contribution in [3.8, 4) is 11.3 Å². The molecular weight excluding hydrogens is 333 g/mol. The lowest BCUT2D eigenvalue weighted by atomic mass is 10.1. The molecule has 6 nitrogen and oxygen atoms in total. The number of halogens is 3. The van der Waals surface area contributed by atoms with Gasteiger partial charge in [0.1, 0.15) is 5.69 Å². The molecule has 0 amide bonds. The quantitative estimate of drug-likeness (QED) is 0.793. The molecule has 0 atom stereocenters. The third-order valence-corrected chi connectivity index (χ3v) is 4.83. The molecule has 0 aliphatic carbocycles. The van der Waals surface area contributed by atoms with Crippen molar-refractivity contribution in [2.75, 3.05) is 5.75 Å². The first kappa shape index (κ1) is 17.4. The minimum atomic E-state index is -4.77. The molecule has 0 bridgehead atoms. The number of hydrogen-bond acceptors (Lipinski definition) is 5. The number of nitrogens with zero attached hydrogens (tertiary/aromatic N) is 4. The molecule has 126 valence electrons. The maximum Gasteiger partial charge on any atom is 0.433 e. The Balaban J connectivity index is 2.73. The fourth-order valence-electron chi connectivity index (χ4n) is 1.99. The van der Waals surface area contributed by atoms with E-state index >= 15 is 0 Å². The fraction of sp³-hybridized carbons (Fsp3) is 0.462. The third-order valence-electron chi connectivity index (χ3n) is 3.33. The van der Waals surface area contributed by atoms with Gasteiger partial charge in [-0.15, -0.1) is 0 Å². The van der Waals surface area contributed by atoms with Crippen molar-refractivity contribution in [1.29, 1.82) is 0 Å². The Bertz CT molecular complexity index is 828. The van der Waals surface area contributed by atoms with Crippen LogP contribution in [0, 0.1) is 6.92 Å². The molecule has 10 heteroatoms. The Morgan fingerprint density at radius 2 is 1.87 bits per heavy atom. The van der Waals surface area contributed by atoms with Gasteiger partial charge in [-0.2, -0.15) is 18.3 Å². The number of alkyl halides is 3. The molecule has 0 N–H and O–H groups in total. The predicted molar refractivity (Wildman–Crippen MR) is 76.4 cm³/mol. The summed E-state index contributed by atoms with van der Waals surface area (Å²) < 4.78 is 64.4. The average Bonchev–Trinajstić information content (AvgIpc) is 2.86. The molecule has 23 heavy (non-hydrogen) atoms. The van der Waals surface area contributed by atoms with Gasteiger partial charge in [-0.1, -0.05) is 6.92 Å². The van der Waals surface area contributed by atoms with Gasteiger partial charge in [-0.25, -0.2) is 18.4 Å². The zero-order chi connectivity index (χ0) is 17.4. The van der Waals surface area contributed by atoms with Crippen molar-refractivity contribution >= 4 is 9.84 Å². The Hall–Kier alpha value is -1.97. The first-order valence-corrected chi connectivity index (χ1v) is 8.47. The molecule has 2 heterocycles. The Morgan fingerprint density at radius 3 is 2.35 bits per heavy atom. The zero-order valence-electron chi connectivity index (χ0n) is 12.7. The highest BCUT2D eigenvalue weighted by Gasteiger charge is 2.35. The van der Waals surface area contributed by atoms with E-state index in [0.29, 0.717) is 17.8 Å². The maximum absolute atomic E-state index is 13.0. The molecule has 2 aromatic heterocycles. The summed E-state index contributed by atoms with van der Waals surface area (Å²) in [5, 5.41) is 3.21. The number of hydrogen-bond donors (Lipinski definition) is 0. The van der Waals surface area contributed by atoms with Gasteiger partial charge in [-0.3, -0.25) is 4.68 Å². The molecule has 2 aromatic rings. The zero-order valence-corrected chi connectivity index (χ0v) is 13.5. The summed E-state index contributed by atoms with van der Waals surface area (Å²) in [6.45, 7) is 5.36.